The normalized spacial score (nSPS) is 12.5. The van der Waals surface area contributed by atoms with Crippen LogP contribution in [0.25, 0.3) is 56.6 Å². The van der Waals surface area contributed by atoms with Gasteiger partial charge in [-0.2, -0.15) is 0 Å². The van der Waals surface area contributed by atoms with Gasteiger partial charge in [0, 0.05) is 33.4 Å². The fourth-order valence-corrected chi connectivity index (χ4v) is 6.86. The van der Waals surface area contributed by atoms with Crippen LogP contribution in [0.15, 0.2) is 201 Å². The summed E-state index contributed by atoms with van der Waals surface area (Å²) in [6.45, 7) is 12.5. The summed E-state index contributed by atoms with van der Waals surface area (Å²) in [6.07, 6.45) is 12.5. The minimum absolute atomic E-state index is 0.963. The monoisotopic (exact) mass is 670 g/mol. The van der Waals surface area contributed by atoms with Crippen LogP contribution in [0.1, 0.15) is 19.4 Å². The molecule has 1 heterocycles. The minimum Gasteiger partial charge on any atom is -0.311 e. The smallest absolute Gasteiger partial charge is 0.0540 e. The van der Waals surface area contributed by atoms with Gasteiger partial charge in [-0.15, -0.1) is 0 Å². The van der Waals surface area contributed by atoms with E-state index < -0.39 is 0 Å². The van der Waals surface area contributed by atoms with E-state index in [0.717, 1.165) is 50.4 Å². The maximum Gasteiger partial charge on any atom is 0.0540 e. The summed E-state index contributed by atoms with van der Waals surface area (Å²) in [5, 5.41) is 3.58. The van der Waals surface area contributed by atoms with Gasteiger partial charge in [0.2, 0.25) is 0 Å². The van der Waals surface area contributed by atoms with Crippen LogP contribution >= 0.6 is 0 Å². The highest BCUT2D eigenvalue weighted by molar-refractivity contribution is 5.84. The Morgan fingerprint density at radius 1 is 0.577 bits per heavy atom. The molecule has 0 amide bonds. The van der Waals surface area contributed by atoms with Gasteiger partial charge < -0.3 is 9.47 Å². The summed E-state index contributed by atoms with van der Waals surface area (Å²) >= 11 is 0. The molecule has 0 saturated heterocycles. The molecule has 0 radical (unpaired) electrons. The number of aromatic nitrogens is 1. The average molecular weight is 671 g/mol. The average Bonchev–Trinajstić information content (AvgIpc) is 3.53. The Balaban J connectivity index is 1.23. The number of hydrogen-bond acceptors (Lipinski definition) is 1. The first-order chi connectivity index (χ1) is 25.6. The van der Waals surface area contributed by atoms with Crippen molar-refractivity contribution in [2.45, 2.75) is 13.8 Å². The van der Waals surface area contributed by atoms with Crippen LogP contribution in [-0.2, 0) is 0 Å². The van der Waals surface area contributed by atoms with E-state index in [1.807, 2.05) is 24.3 Å². The second-order valence-corrected chi connectivity index (χ2v) is 12.6. The predicted octanol–water partition coefficient (Wildman–Crippen LogP) is 12.0. The Morgan fingerprint density at radius 3 is 1.65 bits per heavy atom. The van der Waals surface area contributed by atoms with Gasteiger partial charge in [-0.25, -0.2) is 0 Å². The zero-order valence-corrected chi connectivity index (χ0v) is 29.8. The van der Waals surface area contributed by atoms with E-state index in [-0.39, 0.29) is 0 Å². The second-order valence-electron chi connectivity index (χ2n) is 12.6. The standard InChI is InChI=1S/C50H42N2/c1-5-16-49-47(7-3)48-21-14-15-22-50(48)52(49)46-35-28-42(29-36-46)41-26-33-45(34-27-41)51(43(6-2)30-23-37(4)38-17-10-8-11-18-38)44-31-24-40(25-32-44)39-19-12-9-13-20-39/h5-36H,1,4H2,2-3H3/b30-23-,43-6+,47-7-,49-16+. The largest absolute Gasteiger partial charge is 0.311 e. The van der Waals surface area contributed by atoms with E-state index in [2.05, 4.69) is 206 Å². The molecule has 2 nitrogen and oxygen atoms in total. The third-order valence-electron chi connectivity index (χ3n) is 9.49. The molecule has 52 heavy (non-hydrogen) atoms. The van der Waals surface area contributed by atoms with Crippen LogP contribution < -0.4 is 15.5 Å². The highest BCUT2D eigenvalue weighted by atomic mass is 15.1. The number of anilines is 2. The van der Waals surface area contributed by atoms with E-state index in [0.29, 0.717) is 0 Å². The van der Waals surface area contributed by atoms with Gasteiger partial charge >= 0.3 is 0 Å². The lowest BCUT2D eigenvalue weighted by molar-refractivity contribution is 1.07. The fraction of sp³-hybridized carbons (Fsp3) is 0.0400. The molecule has 0 unspecified atom stereocenters. The van der Waals surface area contributed by atoms with Gasteiger partial charge in [-0.1, -0.05) is 153 Å². The molecule has 7 rings (SSSR count). The van der Waals surface area contributed by atoms with Crippen LogP contribution in [-0.4, -0.2) is 4.57 Å². The maximum absolute atomic E-state index is 4.34. The van der Waals surface area contributed by atoms with Crippen molar-refractivity contribution < 1.29 is 0 Å². The third kappa shape index (κ3) is 6.88. The van der Waals surface area contributed by atoms with Crippen LogP contribution in [0.2, 0.25) is 0 Å². The molecular weight excluding hydrogens is 629 g/mol. The van der Waals surface area contributed by atoms with Gasteiger partial charge in [0.1, 0.15) is 0 Å². The first kappa shape index (κ1) is 33.8. The molecule has 0 fully saturated rings. The number of hydrogen-bond donors (Lipinski definition) is 0. The lowest BCUT2D eigenvalue weighted by Gasteiger charge is -2.27. The Labute approximate surface area is 307 Å². The number of nitrogens with zero attached hydrogens (tertiary/aromatic N) is 2. The van der Waals surface area contributed by atoms with Gasteiger partial charge in [-0.05, 0) is 102 Å². The van der Waals surface area contributed by atoms with Crippen molar-refractivity contribution in [3.63, 3.8) is 0 Å². The molecule has 252 valence electrons. The van der Waals surface area contributed by atoms with Crippen molar-refractivity contribution in [2.24, 2.45) is 0 Å². The molecule has 0 spiro atoms. The Morgan fingerprint density at radius 2 is 1.10 bits per heavy atom. The lowest BCUT2D eigenvalue weighted by atomic mass is 10.0. The number of para-hydroxylation sites is 1. The Kier molecular flexibility index (Phi) is 10.1. The number of benzene rings is 6. The molecule has 0 atom stereocenters. The van der Waals surface area contributed by atoms with Crippen LogP contribution in [0.3, 0.4) is 0 Å². The van der Waals surface area contributed by atoms with E-state index in [4.69, 9.17) is 0 Å². The molecule has 0 aliphatic heterocycles. The molecular formula is C50H42N2. The summed E-state index contributed by atoms with van der Waals surface area (Å²) in [5.74, 6) is 0. The van der Waals surface area contributed by atoms with Crippen LogP contribution in [0.4, 0.5) is 11.4 Å². The Hall–Kier alpha value is -6.64. The fourth-order valence-electron chi connectivity index (χ4n) is 6.86. The minimum atomic E-state index is 0.963. The molecule has 0 aliphatic rings. The first-order valence-corrected chi connectivity index (χ1v) is 17.7. The van der Waals surface area contributed by atoms with Crippen LogP contribution in [0.5, 0.6) is 0 Å². The maximum atomic E-state index is 4.34. The molecule has 0 aliphatic carbocycles. The second kappa shape index (κ2) is 15.5. The number of rotatable bonds is 10. The van der Waals surface area contributed by atoms with Crippen molar-refractivity contribution in [3.05, 3.63) is 217 Å². The SMILES string of the molecule is C=C/C=c1\c(=C/C)c2ccccc2n1-c1ccc(-c2ccc(N(C(/C=C\C(=C)c3ccccc3)=C/C)c3ccc(-c4ccccc4)cc3)cc2)cc1. The topological polar surface area (TPSA) is 8.17 Å². The van der Waals surface area contributed by atoms with Crippen molar-refractivity contribution in [1.82, 2.24) is 4.57 Å². The summed E-state index contributed by atoms with van der Waals surface area (Å²) in [6, 6.07) is 55.8. The highest BCUT2D eigenvalue weighted by Gasteiger charge is 2.14. The first-order valence-electron chi connectivity index (χ1n) is 17.7. The zero-order chi connectivity index (χ0) is 35.9. The molecule has 2 heteroatoms. The van der Waals surface area contributed by atoms with Crippen molar-refractivity contribution >= 4 is 40.0 Å². The van der Waals surface area contributed by atoms with E-state index in [1.165, 1.54) is 27.2 Å². The van der Waals surface area contributed by atoms with Gasteiger partial charge in [-0.3, -0.25) is 0 Å². The van der Waals surface area contributed by atoms with Crippen molar-refractivity contribution in [2.75, 3.05) is 4.90 Å². The molecule has 0 N–H and O–H groups in total. The summed E-state index contributed by atoms with van der Waals surface area (Å²) in [4.78, 5) is 2.30. The molecule has 6 aromatic carbocycles. The summed E-state index contributed by atoms with van der Waals surface area (Å²) < 4.78 is 2.32. The van der Waals surface area contributed by atoms with E-state index in [9.17, 15) is 0 Å². The van der Waals surface area contributed by atoms with Gasteiger partial charge in [0.25, 0.3) is 0 Å². The molecule has 0 bridgehead atoms. The number of allylic oxidation sites excluding steroid dienone is 5. The lowest BCUT2D eigenvalue weighted by Crippen LogP contribution is -2.27. The van der Waals surface area contributed by atoms with E-state index in [1.54, 1.807) is 0 Å². The van der Waals surface area contributed by atoms with Gasteiger partial charge in [0.05, 0.1) is 10.9 Å². The third-order valence-corrected chi connectivity index (χ3v) is 9.49. The van der Waals surface area contributed by atoms with E-state index >= 15 is 0 Å². The molecule has 0 saturated carbocycles. The molecule has 1 aromatic heterocycles. The number of fused-ring (bicyclic) bond motifs is 1. The molecule has 7 aromatic rings. The summed E-state index contributed by atoms with van der Waals surface area (Å²) in [7, 11) is 0. The zero-order valence-electron chi connectivity index (χ0n) is 29.8. The predicted molar refractivity (Wildman–Crippen MR) is 225 cm³/mol. The van der Waals surface area contributed by atoms with Gasteiger partial charge in [0.15, 0.2) is 0 Å². The highest BCUT2D eigenvalue weighted by Crippen LogP contribution is 2.34. The van der Waals surface area contributed by atoms with Crippen molar-refractivity contribution in [1.29, 1.82) is 0 Å². The Bertz CT molecular complexity index is 2510. The summed E-state index contributed by atoms with van der Waals surface area (Å²) in [5.41, 5.74) is 12.3. The van der Waals surface area contributed by atoms with Crippen LogP contribution in [0, 0.1) is 0 Å². The van der Waals surface area contributed by atoms with Crippen molar-refractivity contribution in [3.8, 4) is 27.9 Å². The quantitative estimate of drug-likeness (QED) is 0.132.